The third kappa shape index (κ3) is 4.04. The summed E-state index contributed by atoms with van der Waals surface area (Å²) in [6.07, 6.45) is 12.7. The van der Waals surface area contributed by atoms with Crippen LogP contribution < -0.4 is 4.90 Å². The van der Waals surface area contributed by atoms with E-state index in [9.17, 15) is 0 Å². The molecule has 0 unspecified atom stereocenters. The molecule has 0 N–H and O–H groups in total. The Labute approximate surface area is 156 Å². The van der Waals surface area contributed by atoms with Crippen LogP contribution in [0.1, 0.15) is 37.3 Å². The molecule has 0 aromatic carbocycles. The summed E-state index contributed by atoms with van der Waals surface area (Å²) in [4.78, 5) is 18.3. The molecule has 5 heteroatoms. The number of nitrogens with zero attached hydrogens (tertiary/aromatic N) is 5. The zero-order valence-corrected chi connectivity index (χ0v) is 15.7. The lowest BCUT2D eigenvalue weighted by Gasteiger charge is -2.34. The van der Waals surface area contributed by atoms with E-state index in [1.807, 2.05) is 30.9 Å². The van der Waals surface area contributed by atoms with Crippen LogP contribution in [-0.4, -0.2) is 46.0 Å². The lowest BCUT2D eigenvalue weighted by molar-refractivity contribution is 0.147. The highest BCUT2D eigenvalue weighted by atomic mass is 15.3. The van der Waals surface area contributed by atoms with E-state index in [-0.39, 0.29) is 0 Å². The number of anilines is 1. The van der Waals surface area contributed by atoms with E-state index in [0.29, 0.717) is 0 Å². The highest BCUT2D eigenvalue weighted by Gasteiger charge is 2.32. The van der Waals surface area contributed by atoms with Crippen molar-refractivity contribution in [3.63, 3.8) is 0 Å². The predicted octanol–water partition coefficient (Wildman–Crippen LogP) is 3.17. The number of aryl methyl sites for hydroxylation is 1. The molecule has 2 aliphatic rings. The second-order valence-electron chi connectivity index (χ2n) is 7.71. The first-order valence-electron chi connectivity index (χ1n) is 9.99. The molecule has 2 aromatic rings. The summed E-state index contributed by atoms with van der Waals surface area (Å²) in [7, 11) is 0. The second kappa shape index (κ2) is 8.12. The van der Waals surface area contributed by atoms with Crippen LogP contribution in [0.3, 0.4) is 0 Å². The maximum absolute atomic E-state index is 4.57. The largest absolute Gasteiger partial charge is 0.341 e. The van der Waals surface area contributed by atoms with Crippen LogP contribution in [0.15, 0.2) is 36.9 Å². The third-order valence-corrected chi connectivity index (χ3v) is 6.04. The van der Waals surface area contributed by atoms with Gasteiger partial charge in [0, 0.05) is 44.4 Å². The molecular weight excluding hydrogens is 322 g/mol. The first-order chi connectivity index (χ1) is 12.8. The van der Waals surface area contributed by atoms with E-state index < -0.39 is 0 Å². The molecule has 0 amide bonds. The van der Waals surface area contributed by atoms with Gasteiger partial charge in [0.2, 0.25) is 5.95 Å². The minimum absolute atomic E-state index is 0.796. The molecule has 2 saturated heterocycles. The Morgan fingerprint density at radius 1 is 0.962 bits per heavy atom. The van der Waals surface area contributed by atoms with Crippen LogP contribution in [-0.2, 0) is 13.0 Å². The molecule has 0 saturated carbocycles. The van der Waals surface area contributed by atoms with Gasteiger partial charge in [0.1, 0.15) is 0 Å². The normalized spacial score (nSPS) is 22.0. The van der Waals surface area contributed by atoms with Gasteiger partial charge in [-0.1, -0.05) is 13.0 Å². The minimum atomic E-state index is 0.796. The van der Waals surface area contributed by atoms with Gasteiger partial charge in [-0.3, -0.25) is 9.88 Å². The fourth-order valence-electron chi connectivity index (χ4n) is 4.38. The van der Waals surface area contributed by atoms with Gasteiger partial charge in [0.25, 0.3) is 0 Å². The van der Waals surface area contributed by atoms with Crippen molar-refractivity contribution in [2.24, 2.45) is 11.8 Å². The Bertz CT molecular complexity index is 679. The molecular formula is C21H29N5. The van der Waals surface area contributed by atoms with Crippen molar-refractivity contribution in [1.82, 2.24) is 19.9 Å². The van der Waals surface area contributed by atoms with Crippen molar-refractivity contribution in [3.8, 4) is 0 Å². The number of piperidine rings is 1. The van der Waals surface area contributed by atoms with Crippen molar-refractivity contribution < 1.29 is 0 Å². The Kier molecular flexibility index (Phi) is 5.44. The molecule has 2 aliphatic heterocycles. The fraction of sp³-hybridized carbons (Fsp3) is 0.571. The monoisotopic (exact) mass is 351 g/mol. The van der Waals surface area contributed by atoms with Crippen molar-refractivity contribution in [1.29, 1.82) is 0 Å². The number of rotatable bonds is 5. The highest BCUT2D eigenvalue weighted by molar-refractivity contribution is 5.31. The lowest BCUT2D eigenvalue weighted by atomic mass is 9.83. The maximum atomic E-state index is 4.57. The van der Waals surface area contributed by atoms with Crippen molar-refractivity contribution in [2.45, 2.75) is 39.2 Å². The van der Waals surface area contributed by atoms with E-state index in [2.05, 4.69) is 37.7 Å². The van der Waals surface area contributed by atoms with Crippen LogP contribution in [0, 0.1) is 11.8 Å². The number of hydrogen-bond donors (Lipinski definition) is 0. The quantitative estimate of drug-likeness (QED) is 0.828. The van der Waals surface area contributed by atoms with Crippen molar-refractivity contribution >= 4 is 5.95 Å². The summed E-state index contributed by atoms with van der Waals surface area (Å²) < 4.78 is 0. The average Bonchev–Trinajstić information content (AvgIpc) is 3.20. The Morgan fingerprint density at radius 3 is 2.42 bits per heavy atom. The lowest BCUT2D eigenvalue weighted by Crippen LogP contribution is -2.36. The van der Waals surface area contributed by atoms with Gasteiger partial charge >= 0.3 is 0 Å². The van der Waals surface area contributed by atoms with Gasteiger partial charge in [0.15, 0.2) is 0 Å². The molecule has 138 valence electrons. The Morgan fingerprint density at radius 2 is 1.73 bits per heavy atom. The van der Waals surface area contributed by atoms with E-state index in [4.69, 9.17) is 0 Å². The van der Waals surface area contributed by atoms with Gasteiger partial charge in [0.05, 0.1) is 0 Å². The molecule has 2 aromatic heterocycles. The number of hydrogen-bond acceptors (Lipinski definition) is 5. The number of likely N-dealkylation sites (tertiary alicyclic amines) is 1. The fourth-order valence-corrected chi connectivity index (χ4v) is 4.38. The van der Waals surface area contributed by atoms with Gasteiger partial charge in [-0.05, 0) is 67.8 Å². The van der Waals surface area contributed by atoms with Gasteiger partial charge in [-0.25, -0.2) is 9.97 Å². The van der Waals surface area contributed by atoms with Crippen LogP contribution in [0.4, 0.5) is 5.95 Å². The average molecular weight is 351 g/mol. The summed E-state index contributed by atoms with van der Waals surface area (Å²) in [5.41, 5.74) is 2.54. The smallest absolute Gasteiger partial charge is 0.225 e. The van der Waals surface area contributed by atoms with Crippen LogP contribution >= 0.6 is 0 Å². The van der Waals surface area contributed by atoms with Crippen LogP contribution in [0.2, 0.25) is 0 Å². The summed E-state index contributed by atoms with van der Waals surface area (Å²) >= 11 is 0. The maximum Gasteiger partial charge on any atom is 0.225 e. The number of pyridine rings is 1. The topological polar surface area (TPSA) is 45.2 Å². The van der Waals surface area contributed by atoms with Gasteiger partial charge < -0.3 is 4.90 Å². The first-order valence-corrected chi connectivity index (χ1v) is 9.99. The van der Waals surface area contributed by atoms with Crippen LogP contribution in [0.25, 0.3) is 0 Å². The Hall–Kier alpha value is -2.01. The molecule has 26 heavy (non-hydrogen) atoms. The predicted molar refractivity (Wildman–Crippen MR) is 104 cm³/mol. The molecule has 0 bridgehead atoms. The summed E-state index contributed by atoms with van der Waals surface area (Å²) in [5.74, 6) is 2.56. The molecule has 4 rings (SSSR count). The number of aromatic nitrogens is 3. The van der Waals surface area contributed by atoms with Gasteiger partial charge in [-0.15, -0.1) is 0 Å². The summed E-state index contributed by atoms with van der Waals surface area (Å²) in [6.45, 7) is 7.82. The summed E-state index contributed by atoms with van der Waals surface area (Å²) in [6, 6.07) is 4.21. The van der Waals surface area contributed by atoms with Crippen molar-refractivity contribution in [2.75, 3.05) is 31.1 Å². The molecule has 2 fully saturated rings. The zero-order valence-electron chi connectivity index (χ0n) is 15.7. The second-order valence-corrected chi connectivity index (χ2v) is 7.71. The Balaban J connectivity index is 1.27. The van der Waals surface area contributed by atoms with E-state index in [0.717, 1.165) is 43.8 Å². The molecule has 0 aliphatic carbocycles. The minimum Gasteiger partial charge on any atom is -0.341 e. The standard InChI is InChI=1S/C21H29N5/c1-2-17-13-23-21(24-14-17)26-11-7-20(16-26)19-5-9-25(10-6-19)15-18-4-3-8-22-12-18/h3-4,8,12-14,19-20H,2,5-7,9-11,15-16H2,1H3/t20-/m1/s1. The molecule has 0 spiro atoms. The molecule has 5 nitrogen and oxygen atoms in total. The SMILES string of the molecule is CCc1cnc(N2CC[C@@H](C3CCN(Cc4cccnc4)CC3)C2)nc1. The van der Waals surface area contributed by atoms with E-state index in [1.165, 1.54) is 43.5 Å². The molecule has 4 heterocycles. The van der Waals surface area contributed by atoms with Crippen molar-refractivity contribution in [3.05, 3.63) is 48.0 Å². The molecule has 1 atom stereocenters. The first kappa shape index (κ1) is 17.4. The van der Waals surface area contributed by atoms with E-state index >= 15 is 0 Å². The zero-order chi connectivity index (χ0) is 17.8. The summed E-state index contributed by atoms with van der Waals surface area (Å²) in [5, 5.41) is 0. The highest BCUT2D eigenvalue weighted by Crippen LogP contribution is 2.33. The van der Waals surface area contributed by atoms with Gasteiger partial charge in [-0.2, -0.15) is 0 Å². The van der Waals surface area contributed by atoms with Crippen LogP contribution in [0.5, 0.6) is 0 Å². The third-order valence-electron chi connectivity index (χ3n) is 6.04. The molecule has 0 radical (unpaired) electrons. The van der Waals surface area contributed by atoms with E-state index in [1.54, 1.807) is 0 Å².